The van der Waals surface area contributed by atoms with Crippen molar-refractivity contribution in [3.63, 3.8) is 0 Å². The molecule has 0 spiro atoms. The number of nitrogens with zero attached hydrogens (tertiary/aromatic N) is 1. The molecule has 3 aromatic carbocycles. The summed E-state index contributed by atoms with van der Waals surface area (Å²) in [6.07, 6.45) is 0. The van der Waals surface area contributed by atoms with Gasteiger partial charge in [-0.2, -0.15) is 0 Å². The molecule has 0 radical (unpaired) electrons. The van der Waals surface area contributed by atoms with Crippen LogP contribution in [-0.4, -0.2) is 12.6 Å². The van der Waals surface area contributed by atoms with Gasteiger partial charge in [0.15, 0.2) is 0 Å². The number of carbonyl (C=O) groups excluding carboxylic acids is 1. The lowest BCUT2D eigenvalue weighted by molar-refractivity contribution is 0.0526. The van der Waals surface area contributed by atoms with Crippen LogP contribution in [0.15, 0.2) is 84.9 Å². The van der Waals surface area contributed by atoms with E-state index >= 15 is 0 Å². The predicted octanol–water partition coefficient (Wildman–Crippen LogP) is 5.33. The normalized spacial score (nSPS) is 10.2. The van der Waals surface area contributed by atoms with Crippen molar-refractivity contribution < 1.29 is 9.53 Å². The maximum Gasteiger partial charge on any atom is 0.338 e. The fourth-order valence-corrected chi connectivity index (χ4v) is 2.56. The third-order valence-corrected chi connectivity index (χ3v) is 3.67. The zero-order valence-corrected chi connectivity index (χ0v) is 13.6. The number of carbonyl (C=O) groups is 1. The first kappa shape index (κ1) is 15.8. The Labute approximate surface area is 142 Å². The Bertz CT molecular complexity index is 744. The molecule has 0 heterocycles. The topological polar surface area (TPSA) is 29.5 Å². The Balaban J connectivity index is 1.99. The molecule has 0 unspecified atom stereocenters. The lowest BCUT2D eigenvalue weighted by Gasteiger charge is -2.25. The number of rotatable bonds is 5. The molecule has 0 fully saturated rings. The van der Waals surface area contributed by atoms with Gasteiger partial charge < -0.3 is 9.64 Å². The Morgan fingerprint density at radius 1 is 0.750 bits per heavy atom. The smallest absolute Gasteiger partial charge is 0.338 e. The average molecular weight is 317 g/mol. The second-order valence-corrected chi connectivity index (χ2v) is 5.27. The van der Waals surface area contributed by atoms with E-state index in [1.54, 1.807) is 19.1 Å². The van der Waals surface area contributed by atoms with E-state index in [0.29, 0.717) is 12.2 Å². The lowest BCUT2D eigenvalue weighted by Crippen LogP contribution is -2.10. The molecular weight excluding hydrogens is 298 g/mol. The average Bonchev–Trinajstić information content (AvgIpc) is 2.64. The number of anilines is 3. The van der Waals surface area contributed by atoms with Gasteiger partial charge in [-0.25, -0.2) is 4.79 Å². The molecule has 0 saturated heterocycles. The summed E-state index contributed by atoms with van der Waals surface area (Å²) in [5, 5.41) is 0. The molecule has 3 aromatic rings. The van der Waals surface area contributed by atoms with Crippen LogP contribution >= 0.6 is 0 Å². The van der Waals surface area contributed by atoms with E-state index < -0.39 is 0 Å². The van der Waals surface area contributed by atoms with E-state index in [0.717, 1.165) is 17.1 Å². The number of para-hydroxylation sites is 2. The summed E-state index contributed by atoms with van der Waals surface area (Å²) in [5.74, 6) is -0.296. The Kier molecular flexibility index (Phi) is 4.92. The number of hydrogen-bond donors (Lipinski definition) is 0. The van der Waals surface area contributed by atoms with Crippen LogP contribution in [0.3, 0.4) is 0 Å². The van der Waals surface area contributed by atoms with Crippen molar-refractivity contribution in [2.24, 2.45) is 0 Å². The zero-order valence-electron chi connectivity index (χ0n) is 13.6. The van der Waals surface area contributed by atoms with E-state index in [1.807, 2.05) is 48.5 Å². The van der Waals surface area contributed by atoms with Gasteiger partial charge in [0.2, 0.25) is 0 Å². The molecule has 3 nitrogen and oxygen atoms in total. The molecule has 0 amide bonds. The van der Waals surface area contributed by atoms with Crippen molar-refractivity contribution in [3.05, 3.63) is 90.5 Å². The Hall–Kier alpha value is -3.07. The lowest BCUT2D eigenvalue weighted by atomic mass is 10.1. The highest BCUT2D eigenvalue weighted by Crippen LogP contribution is 2.33. The van der Waals surface area contributed by atoms with Gasteiger partial charge in [-0.3, -0.25) is 0 Å². The highest BCUT2D eigenvalue weighted by atomic mass is 16.5. The van der Waals surface area contributed by atoms with Gasteiger partial charge in [-0.05, 0) is 55.5 Å². The van der Waals surface area contributed by atoms with E-state index in [1.165, 1.54) is 0 Å². The van der Waals surface area contributed by atoms with Crippen LogP contribution in [0.1, 0.15) is 17.3 Å². The molecule has 0 aliphatic carbocycles. The van der Waals surface area contributed by atoms with E-state index in [4.69, 9.17) is 4.74 Å². The summed E-state index contributed by atoms with van der Waals surface area (Å²) in [5.41, 5.74) is 3.67. The van der Waals surface area contributed by atoms with Crippen LogP contribution in [0.4, 0.5) is 17.1 Å². The fraction of sp³-hybridized carbons (Fsp3) is 0.0952. The third kappa shape index (κ3) is 3.46. The highest BCUT2D eigenvalue weighted by Gasteiger charge is 2.13. The van der Waals surface area contributed by atoms with Crippen LogP contribution in [0.25, 0.3) is 0 Å². The standard InChI is InChI=1S/C21H19NO2/c1-2-24-21(23)17-13-15-20(16-14-17)22(18-9-5-3-6-10-18)19-11-7-4-8-12-19/h3-16H,2H2,1H3. The molecule has 3 heteroatoms. The van der Waals surface area contributed by atoms with Crippen molar-refractivity contribution in [2.75, 3.05) is 11.5 Å². The summed E-state index contributed by atoms with van der Waals surface area (Å²) in [6.45, 7) is 2.18. The zero-order chi connectivity index (χ0) is 16.8. The van der Waals surface area contributed by atoms with Gasteiger partial charge >= 0.3 is 5.97 Å². The Morgan fingerprint density at radius 3 is 1.67 bits per heavy atom. The van der Waals surface area contributed by atoms with Crippen LogP contribution in [0.2, 0.25) is 0 Å². The van der Waals surface area contributed by atoms with Crippen LogP contribution in [0.5, 0.6) is 0 Å². The molecule has 0 N–H and O–H groups in total. The van der Waals surface area contributed by atoms with Gasteiger partial charge in [0, 0.05) is 17.1 Å². The summed E-state index contributed by atoms with van der Waals surface area (Å²) in [4.78, 5) is 14.0. The first-order valence-electron chi connectivity index (χ1n) is 7.97. The molecule has 0 aromatic heterocycles. The molecule has 0 atom stereocenters. The molecule has 0 bridgehead atoms. The van der Waals surface area contributed by atoms with Gasteiger partial charge in [-0.15, -0.1) is 0 Å². The molecule has 3 rings (SSSR count). The number of esters is 1. The third-order valence-electron chi connectivity index (χ3n) is 3.67. The predicted molar refractivity (Wildman–Crippen MR) is 97.1 cm³/mol. The monoisotopic (exact) mass is 317 g/mol. The second kappa shape index (κ2) is 7.47. The fourth-order valence-electron chi connectivity index (χ4n) is 2.56. The summed E-state index contributed by atoms with van der Waals surface area (Å²) >= 11 is 0. The van der Waals surface area contributed by atoms with Crippen molar-refractivity contribution in [1.82, 2.24) is 0 Å². The second-order valence-electron chi connectivity index (χ2n) is 5.27. The molecular formula is C21H19NO2. The van der Waals surface area contributed by atoms with Crippen molar-refractivity contribution >= 4 is 23.0 Å². The number of benzene rings is 3. The van der Waals surface area contributed by atoms with Crippen molar-refractivity contribution in [2.45, 2.75) is 6.92 Å². The first-order chi connectivity index (χ1) is 11.8. The largest absolute Gasteiger partial charge is 0.462 e. The molecule has 0 saturated carbocycles. The summed E-state index contributed by atoms with van der Waals surface area (Å²) in [7, 11) is 0. The number of hydrogen-bond acceptors (Lipinski definition) is 3. The summed E-state index contributed by atoms with van der Waals surface area (Å²) in [6, 6.07) is 27.8. The van der Waals surface area contributed by atoms with Crippen molar-refractivity contribution in [3.8, 4) is 0 Å². The molecule has 24 heavy (non-hydrogen) atoms. The first-order valence-corrected chi connectivity index (χ1v) is 7.97. The minimum Gasteiger partial charge on any atom is -0.462 e. The van der Waals surface area contributed by atoms with E-state index in [-0.39, 0.29) is 5.97 Å². The van der Waals surface area contributed by atoms with Crippen LogP contribution < -0.4 is 4.90 Å². The van der Waals surface area contributed by atoms with E-state index in [9.17, 15) is 4.79 Å². The van der Waals surface area contributed by atoms with Crippen LogP contribution in [0, 0.1) is 0 Å². The minimum atomic E-state index is -0.296. The van der Waals surface area contributed by atoms with E-state index in [2.05, 4.69) is 29.2 Å². The molecule has 0 aliphatic rings. The van der Waals surface area contributed by atoms with Crippen LogP contribution in [-0.2, 0) is 4.74 Å². The quantitative estimate of drug-likeness (QED) is 0.595. The van der Waals surface area contributed by atoms with Gasteiger partial charge in [0.25, 0.3) is 0 Å². The molecule has 120 valence electrons. The van der Waals surface area contributed by atoms with Gasteiger partial charge in [0.05, 0.1) is 12.2 Å². The molecule has 0 aliphatic heterocycles. The maximum absolute atomic E-state index is 11.8. The highest BCUT2D eigenvalue weighted by molar-refractivity contribution is 5.90. The number of ether oxygens (including phenoxy) is 1. The van der Waals surface area contributed by atoms with Gasteiger partial charge in [-0.1, -0.05) is 36.4 Å². The minimum absolute atomic E-state index is 0.296. The van der Waals surface area contributed by atoms with Gasteiger partial charge in [0.1, 0.15) is 0 Å². The Morgan fingerprint density at radius 2 is 1.21 bits per heavy atom. The van der Waals surface area contributed by atoms with Crippen molar-refractivity contribution in [1.29, 1.82) is 0 Å². The SMILES string of the molecule is CCOC(=O)c1ccc(N(c2ccccc2)c2ccccc2)cc1. The maximum atomic E-state index is 11.8. The summed E-state index contributed by atoms with van der Waals surface area (Å²) < 4.78 is 5.05.